The van der Waals surface area contributed by atoms with Crippen molar-refractivity contribution in [3.63, 3.8) is 0 Å². The second kappa shape index (κ2) is 8.10. The van der Waals surface area contributed by atoms with Crippen LogP contribution in [0.1, 0.15) is 92.9 Å². The smallest absolute Gasteiger partial charge is 0.156 e. The molecule has 0 aliphatic heterocycles. The average Bonchev–Trinajstić information content (AvgIpc) is 3.06. The first-order valence-electron chi connectivity index (χ1n) is 12.8. The molecule has 0 unspecified atom stereocenters. The molecule has 4 aliphatic rings. The molecule has 4 rings (SSSR count). The van der Waals surface area contributed by atoms with Crippen LogP contribution in [-0.2, 0) is 4.79 Å². The van der Waals surface area contributed by atoms with Crippen LogP contribution in [0.2, 0.25) is 0 Å². The highest BCUT2D eigenvalue weighted by Gasteiger charge is 2.58. The zero-order chi connectivity index (χ0) is 21.7. The van der Waals surface area contributed by atoms with Crippen LogP contribution in [0.5, 0.6) is 0 Å². The number of allylic oxidation sites excluding steroid dienone is 6. The Bertz CT molecular complexity index is 767. The Labute approximate surface area is 185 Å². The molecule has 2 fully saturated rings. The quantitative estimate of drug-likeness (QED) is 0.422. The topological polar surface area (TPSA) is 17.1 Å². The molecule has 0 spiro atoms. The maximum Gasteiger partial charge on any atom is 0.156 e. The Morgan fingerprint density at radius 3 is 2.60 bits per heavy atom. The Morgan fingerprint density at radius 1 is 1.13 bits per heavy atom. The van der Waals surface area contributed by atoms with Crippen molar-refractivity contribution in [2.45, 2.75) is 92.9 Å². The Balaban J connectivity index is 1.52. The summed E-state index contributed by atoms with van der Waals surface area (Å²) in [6, 6.07) is 0. The lowest BCUT2D eigenvalue weighted by molar-refractivity contribution is -0.116. The number of rotatable bonds is 5. The van der Waals surface area contributed by atoms with Crippen molar-refractivity contribution in [1.82, 2.24) is 0 Å². The molecule has 1 heteroatoms. The second-order valence-corrected chi connectivity index (χ2v) is 11.9. The summed E-state index contributed by atoms with van der Waals surface area (Å²) >= 11 is 0. The summed E-state index contributed by atoms with van der Waals surface area (Å²) in [7, 11) is 0. The number of carbonyl (C=O) groups is 1. The zero-order valence-electron chi connectivity index (χ0n) is 20.3. The molecule has 166 valence electrons. The van der Waals surface area contributed by atoms with E-state index in [2.05, 4.69) is 59.8 Å². The van der Waals surface area contributed by atoms with E-state index in [0.717, 1.165) is 42.4 Å². The summed E-state index contributed by atoms with van der Waals surface area (Å²) in [5.41, 5.74) is 3.70. The molecule has 0 N–H and O–H groups in total. The molecule has 0 heterocycles. The first kappa shape index (κ1) is 22.1. The number of hydrogen-bond acceptors (Lipinski definition) is 1. The van der Waals surface area contributed by atoms with Crippen molar-refractivity contribution in [2.24, 2.45) is 46.3 Å². The van der Waals surface area contributed by atoms with Crippen molar-refractivity contribution in [3.8, 4) is 0 Å². The summed E-state index contributed by atoms with van der Waals surface area (Å²) < 4.78 is 0. The van der Waals surface area contributed by atoms with Crippen LogP contribution < -0.4 is 0 Å². The molecule has 0 aromatic rings. The van der Waals surface area contributed by atoms with Gasteiger partial charge in [-0.05, 0) is 110 Å². The van der Waals surface area contributed by atoms with Gasteiger partial charge >= 0.3 is 0 Å². The number of fused-ring (bicyclic) bond motifs is 5. The fourth-order valence-electron chi connectivity index (χ4n) is 8.33. The summed E-state index contributed by atoms with van der Waals surface area (Å²) in [5.74, 6) is 5.01. The van der Waals surface area contributed by atoms with Gasteiger partial charge in [0.1, 0.15) is 0 Å². The predicted octanol–water partition coefficient (Wildman–Crippen LogP) is 7.93. The van der Waals surface area contributed by atoms with Crippen molar-refractivity contribution in [1.29, 1.82) is 0 Å². The third-order valence-corrected chi connectivity index (χ3v) is 10.3. The molecule has 2 saturated carbocycles. The molecule has 0 bridgehead atoms. The van der Waals surface area contributed by atoms with Crippen LogP contribution in [0.3, 0.4) is 0 Å². The molecule has 30 heavy (non-hydrogen) atoms. The fraction of sp³-hybridized carbons (Fsp3) is 0.759. The lowest BCUT2D eigenvalue weighted by atomic mass is 9.48. The maximum absolute atomic E-state index is 12.0. The van der Waals surface area contributed by atoms with Crippen molar-refractivity contribution in [3.05, 3.63) is 35.5 Å². The Hall–Kier alpha value is -1.11. The molecule has 0 amide bonds. The van der Waals surface area contributed by atoms with Gasteiger partial charge < -0.3 is 0 Å². The van der Waals surface area contributed by atoms with Gasteiger partial charge in [-0.3, -0.25) is 4.79 Å². The maximum atomic E-state index is 12.0. The molecule has 0 aromatic heterocycles. The Morgan fingerprint density at radius 2 is 1.90 bits per heavy atom. The van der Waals surface area contributed by atoms with Gasteiger partial charge in [0.15, 0.2) is 5.78 Å². The second-order valence-electron chi connectivity index (χ2n) is 11.9. The molecule has 7 atom stereocenters. The third-order valence-electron chi connectivity index (χ3n) is 10.3. The summed E-state index contributed by atoms with van der Waals surface area (Å²) in [4.78, 5) is 12.0. The fourth-order valence-corrected chi connectivity index (χ4v) is 8.33. The van der Waals surface area contributed by atoms with E-state index in [1.54, 1.807) is 5.57 Å². The highest BCUT2D eigenvalue weighted by Crippen LogP contribution is 2.66. The standard InChI is InChI=1S/C29H44O/c1-7-21(19(2)3)9-8-20(4)25-12-13-26-24-11-10-22-18-23(30)14-16-28(22,5)27(24)15-17-29(25,26)6/h7,10-11,18-20,24-27H,8-9,12-17H2,1-6H3/t20-,24+,25-,26+,27+,28+,29-/m1/s1. The van der Waals surface area contributed by atoms with E-state index in [1.807, 2.05) is 6.08 Å². The van der Waals surface area contributed by atoms with Crippen molar-refractivity contribution in [2.75, 3.05) is 0 Å². The molecule has 1 nitrogen and oxygen atoms in total. The zero-order valence-corrected chi connectivity index (χ0v) is 20.3. The molecule has 0 radical (unpaired) electrons. The first-order valence-corrected chi connectivity index (χ1v) is 12.8. The van der Waals surface area contributed by atoms with E-state index in [0.29, 0.717) is 17.1 Å². The summed E-state index contributed by atoms with van der Waals surface area (Å²) in [5, 5.41) is 0. The highest BCUT2D eigenvalue weighted by atomic mass is 16.1. The van der Waals surface area contributed by atoms with Crippen molar-refractivity contribution < 1.29 is 4.79 Å². The van der Waals surface area contributed by atoms with Crippen molar-refractivity contribution >= 4 is 5.78 Å². The van der Waals surface area contributed by atoms with Crippen LogP contribution in [0.15, 0.2) is 35.5 Å². The van der Waals surface area contributed by atoms with E-state index < -0.39 is 0 Å². The first-order chi connectivity index (χ1) is 14.2. The molecule has 0 saturated heterocycles. The number of ketones is 1. The number of hydrogen-bond donors (Lipinski definition) is 0. The van der Waals surface area contributed by atoms with E-state index in [-0.39, 0.29) is 5.41 Å². The van der Waals surface area contributed by atoms with Crippen LogP contribution in [0.25, 0.3) is 0 Å². The lowest BCUT2D eigenvalue weighted by Gasteiger charge is -2.56. The Kier molecular flexibility index (Phi) is 5.97. The van der Waals surface area contributed by atoms with Gasteiger partial charge in [-0.15, -0.1) is 0 Å². The molecule has 0 aromatic carbocycles. The lowest BCUT2D eigenvalue weighted by Crippen LogP contribution is -2.49. The van der Waals surface area contributed by atoms with Gasteiger partial charge in [0, 0.05) is 6.42 Å². The minimum Gasteiger partial charge on any atom is -0.295 e. The van der Waals surface area contributed by atoms with Gasteiger partial charge in [-0.1, -0.05) is 58.4 Å². The average molecular weight is 409 g/mol. The number of carbonyl (C=O) groups excluding carboxylic acids is 1. The van der Waals surface area contributed by atoms with Gasteiger partial charge in [0.05, 0.1) is 0 Å². The molecular weight excluding hydrogens is 364 g/mol. The summed E-state index contributed by atoms with van der Waals surface area (Å²) in [6.45, 7) is 14.6. The molecular formula is C29H44O. The predicted molar refractivity (Wildman–Crippen MR) is 127 cm³/mol. The largest absolute Gasteiger partial charge is 0.295 e. The van der Waals surface area contributed by atoms with Crippen LogP contribution in [0, 0.1) is 46.3 Å². The minimum atomic E-state index is 0.233. The van der Waals surface area contributed by atoms with E-state index >= 15 is 0 Å². The van der Waals surface area contributed by atoms with Gasteiger partial charge in [-0.25, -0.2) is 0 Å². The van der Waals surface area contributed by atoms with Crippen LogP contribution in [0.4, 0.5) is 0 Å². The third kappa shape index (κ3) is 3.49. The van der Waals surface area contributed by atoms with E-state index in [1.165, 1.54) is 44.1 Å². The van der Waals surface area contributed by atoms with Crippen LogP contribution >= 0.6 is 0 Å². The monoisotopic (exact) mass is 408 g/mol. The highest BCUT2D eigenvalue weighted by molar-refractivity contribution is 5.92. The van der Waals surface area contributed by atoms with E-state index in [4.69, 9.17) is 0 Å². The van der Waals surface area contributed by atoms with Gasteiger partial charge in [0.25, 0.3) is 0 Å². The van der Waals surface area contributed by atoms with Gasteiger partial charge in [-0.2, -0.15) is 0 Å². The summed E-state index contributed by atoms with van der Waals surface area (Å²) in [6.07, 6.45) is 19.2. The molecule has 4 aliphatic carbocycles. The van der Waals surface area contributed by atoms with Crippen LogP contribution in [-0.4, -0.2) is 5.78 Å². The normalized spacial score (nSPS) is 41.9. The van der Waals surface area contributed by atoms with E-state index in [9.17, 15) is 4.79 Å². The van der Waals surface area contributed by atoms with Gasteiger partial charge in [0.2, 0.25) is 0 Å². The SMILES string of the molecule is CC=C(CC[C@@H](C)[C@H]1CC[C@H]2[C@@H]3C=CC4=CC(=O)CC[C@]4(C)[C@H]3CC[C@]12C)C(C)C. The minimum absolute atomic E-state index is 0.233.